The average Bonchev–Trinajstić information content (AvgIpc) is 2.78. The predicted molar refractivity (Wildman–Crippen MR) is 83.0 cm³/mol. The number of anilines is 3. The van der Waals surface area contributed by atoms with Crippen LogP contribution < -0.4 is 16.0 Å². The van der Waals surface area contributed by atoms with Crippen LogP contribution in [0.3, 0.4) is 0 Å². The molecule has 3 rings (SSSR count). The van der Waals surface area contributed by atoms with E-state index in [9.17, 15) is 4.79 Å². The number of rotatable bonds is 3. The summed E-state index contributed by atoms with van der Waals surface area (Å²) in [4.78, 5) is 13.8. The molecule has 1 saturated heterocycles. The van der Waals surface area contributed by atoms with Gasteiger partial charge in [0.05, 0.1) is 17.8 Å². The highest BCUT2D eigenvalue weighted by Crippen LogP contribution is 2.35. The van der Waals surface area contributed by atoms with E-state index in [-0.39, 0.29) is 5.91 Å². The molecular weight excluding hydrogens is 250 g/mol. The quantitative estimate of drug-likeness (QED) is 0.833. The molecule has 0 spiro atoms. The third kappa shape index (κ3) is 2.47. The number of nitrogens with two attached hydrogens (primary N) is 1. The maximum atomic E-state index is 11.4. The van der Waals surface area contributed by atoms with E-state index in [2.05, 4.69) is 23.2 Å². The first kappa shape index (κ1) is 13.3. The first-order valence-electron chi connectivity index (χ1n) is 7.64. The van der Waals surface area contributed by atoms with Gasteiger partial charge in [-0.1, -0.05) is 19.8 Å². The number of nitrogens with zero attached hydrogens (tertiary/aromatic N) is 1. The van der Waals surface area contributed by atoms with E-state index in [0.29, 0.717) is 6.42 Å². The lowest BCUT2D eigenvalue weighted by atomic mass is 9.92. The highest BCUT2D eigenvalue weighted by atomic mass is 16.1. The van der Waals surface area contributed by atoms with Gasteiger partial charge in [-0.3, -0.25) is 4.79 Å². The zero-order chi connectivity index (χ0) is 14.1. The van der Waals surface area contributed by atoms with Crippen molar-refractivity contribution < 1.29 is 4.79 Å². The van der Waals surface area contributed by atoms with Crippen LogP contribution in [0.15, 0.2) is 12.1 Å². The van der Waals surface area contributed by atoms with Gasteiger partial charge in [0, 0.05) is 18.8 Å². The molecule has 20 heavy (non-hydrogen) atoms. The average molecular weight is 273 g/mol. The fourth-order valence-corrected chi connectivity index (χ4v) is 3.43. The SMILES string of the molecule is CCCC1CCN(c2cc3c(cc2N)CC(=O)N3)CC1. The standard InChI is InChI=1S/C16H23N3O/c1-2-3-11-4-6-19(7-5-11)15-10-14-12(8-13(15)17)9-16(20)18-14/h8,10-11H,2-7,9,17H2,1H3,(H,18,20). The zero-order valence-corrected chi connectivity index (χ0v) is 12.1. The van der Waals surface area contributed by atoms with Crippen molar-refractivity contribution >= 4 is 23.0 Å². The summed E-state index contributed by atoms with van der Waals surface area (Å²) < 4.78 is 0. The lowest BCUT2D eigenvalue weighted by molar-refractivity contribution is -0.115. The molecule has 0 aromatic heterocycles. The van der Waals surface area contributed by atoms with Crippen LogP contribution in [0.25, 0.3) is 0 Å². The number of nitrogens with one attached hydrogen (secondary N) is 1. The summed E-state index contributed by atoms with van der Waals surface area (Å²) in [6.07, 6.45) is 5.56. The van der Waals surface area contributed by atoms with Gasteiger partial charge in [0.15, 0.2) is 0 Å². The Morgan fingerprint density at radius 1 is 1.35 bits per heavy atom. The second-order valence-electron chi connectivity index (χ2n) is 6.01. The molecule has 1 amide bonds. The van der Waals surface area contributed by atoms with Crippen molar-refractivity contribution in [3.05, 3.63) is 17.7 Å². The molecule has 0 atom stereocenters. The van der Waals surface area contributed by atoms with E-state index in [1.54, 1.807) is 0 Å². The van der Waals surface area contributed by atoms with E-state index < -0.39 is 0 Å². The van der Waals surface area contributed by atoms with Gasteiger partial charge in [-0.25, -0.2) is 0 Å². The van der Waals surface area contributed by atoms with Crippen molar-refractivity contribution in [2.24, 2.45) is 5.92 Å². The third-order valence-electron chi connectivity index (χ3n) is 4.53. The molecule has 0 aliphatic carbocycles. The van der Waals surface area contributed by atoms with Crippen LogP contribution in [0.1, 0.15) is 38.2 Å². The largest absolute Gasteiger partial charge is 0.397 e. The number of hydrogen-bond acceptors (Lipinski definition) is 3. The number of hydrogen-bond donors (Lipinski definition) is 2. The Labute approximate surface area is 120 Å². The molecule has 2 aliphatic heterocycles. The smallest absolute Gasteiger partial charge is 0.228 e. The van der Waals surface area contributed by atoms with E-state index in [0.717, 1.165) is 41.6 Å². The number of amides is 1. The fourth-order valence-electron chi connectivity index (χ4n) is 3.43. The van der Waals surface area contributed by atoms with Crippen LogP contribution in [-0.2, 0) is 11.2 Å². The van der Waals surface area contributed by atoms with Gasteiger partial charge in [0.1, 0.15) is 0 Å². The van der Waals surface area contributed by atoms with Crippen molar-refractivity contribution in [3.8, 4) is 0 Å². The molecule has 4 nitrogen and oxygen atoms in total. The maximum absolute atomic E-state index is 11.4. The molecular formula is C16H23N3O. The van der Waals surface area contributed by atoms with Crippen LogP contribution in [-0.4, -0.2) is 19.0 Å². The van der Waals surface area contributed by atoms with E-state index in [1.807, 2.05) is 6.07 Å². The highest BCUT2D eigenvalue weighted by molar-refractivity contribution is 6.00. The lowest BCUT2D eigenvalue weighted by Crippen LogP contribution is -2.34. The number of nitrogen functional groups attached to an aromatic ring is 1. The van der Waals surface area contributed by atoms with Crippen molar-refractivity contribution in [2.45, 2.75) is 39.0 Å². The van der Waals surface area contributed by atoms with Gasteiger partial charge in [-0.05, 0) is 36.5 Å². The Bertz CT molecular complexity index is 519. The summed E-state index contributed by atoms with van der Waals surface area (Å²) in [7, 11) is 0. The Morgan fingerprint density at radius 3 is 2.80 bits per heavy atom. The van der Waals surface area contributed by atoms with Crippen LogP contribution in [0.5, 0.6) is 0 Å². The first-order chi connectivity index (χ1) is 9.67. The van der Waals surface area contributed by atoms with Gasteiger partial charge in [0.25, 0.3) is 0 Å². The minimum atomic E-state index is 0.0678. The molecule has 108 valence electrons. The van der Waals surface area contributed by atoms with E-state index in [4.69, 9.17) is 5.73 Å². The van der Waals surface area contributed by atoms with E-state index in [1.165, 1.54) is 25.7 Å². The molecule has 1 aromatic rings. The number of carbonyl (C=O) groups is 1. The predicted octanol–water partition coefficient (Wildman–Crippen LogP) is 2.78. The maximum Gasteiger partial charge on any atom is 0.228 e. The Morgan fingerprint density at radius 2 is 2.10 bits per heavy atom. The molecule has 0 radical (unpaired) electrons. The Hall–Kier alpha value is -1.71. The first-order valence-corrected chi connectivity index (χ1v) is 7.64. The Balaban J connectivity index is 1.75. The molecule has 0 bridgehead atoms. The molecule has 3 N–H and O–H groups in total. The summed E-state index contributed by atoms with van der Waals surface area (Å²) in [6.45, 7) is 4.40. The molecule has 1 aromatic carbocycles. The second-order valence-corrected chi connectivity index (χ2v) is 6.01. The Kier molecular flexibility index (Phi) is 3.55. The van der Waals surface area contributed by atoms with E-state index >= 15 is 0 Å². The molecule has 0 unspecified atom stereocenters. The summed E-state index contributed by atoms with van der Waals surface area (Å²) in [5.41, 5.74) is 10.0. The minimum absolute atomic E-state index is 0.0678. The zero-order valence-electron chi connectivity index (χ0n) is 12.1. The van der Waals surface area contributed by atoms with Crippen molar-refractivity contribution in [2.75, 3.05) is 29.0 Å². The summed E-state index contributed by atoms with van der Waals surface area (Å²) >= 11 is 0. The topological polar surface area (TPSA) is 58.4 Å². The van der Waals surface area contributed by atoms with Crippen LogP contribution in [0, 0.1) is 5.92 Å². The highest BCUT2D eigenvalue weighted by Gasteiger charge is 2.24. The molecule has 2 heterocycles. The molecule has 0 saturated carbocycles. The molecule has 1 fully saturated rings. The van der Waals surface area contributed by atoms with Gasteiger partial charge >= 0.3 is 0 Å². The van der Waals surface area contributed by atoms with Gasteiger partial charge in [-0.15, -0.1) is 0 Å². The van der Waals surface area contributed by atoms with Crippen molar-refractivity contribution in [3.63, 3.8) is 0 Å². The van der Waals surface area contributed by atoms with Crippen molar-refractivity contribution in [1.29, 1.82) is 0 Å². The summed E-state index contributed by atoms with van der Waals surface area (Å²) in [6, 6.07) is 4.01. The monoisotopic (exact) mass is 273 g/mol. The van der Waals surface area contributed by atoms with Crippen LogP contribution in [0.2, 0.25) is 0 Å². The number of fused-ring (bicyclic) bond motifs is 1. The fraction of sp³-hybridized carbons (Fsp3) is 0.562. The van der Waals surface area contributed by atoms with Crippen LogP contribution >= 0.6 is 0 Å². The molecule has 4 heteroatoms. The number of carbonyl (C=O) groups excluding carboxylic acids is 1. The summed E-state index contributed by atoms with van der Waals surface area (Å²) in [5, 5.41) is 2.91. The number of benzene rings is 1. The number of piperidine rings is 1. The van der Waals surface area contributed by atoms with Gasteiger partial charge < -0.3 is 16.0 Å². The second kappa shape index (κ2) is 5.35. The van der Waals surface area contributed by atoms with Gasteiger partial charge in [0.2, 0.25) is 5.91 Å². The summed E-state index contributed by atoms with van der Waals surface area (Å²) in [5.74, 6) is 0.935. The minimum Gasteiger partial charge on any atom is -0.397 e. The normalized spacial score (nSPS) is 19.1. The molecule has 2 aliphatic rings. The van der Waals surface area contributed by atoms with Crippen molar-refractivity contribution in [1.82, 2.24) is 0 Å². The van der Waals surface area contributed by atoms with Crippen LogP contribution in [0.4, 0.5) is 17.1 Å². The lowest BCUT2D eigenvalue weighted by Gasteiger charge is -2.34. The van der Waals surface area contributed by atoms with Gasteiger partial charge in [-0.2, -0.15) is 0 Å². The third-order valence-corrected chi connectivity index (χ3v) is 4.53.